The summed E-state index contributed by atoms with van der Waals surface area (Å²) in [6, 6.07) is 0. The molecule has 0 heterocycles. The molecule has 4 saturated carbocycles. The summed E-state index contributed by atoms with van der Waals surface area (Å²) in [6.45, 7) is 0. The van der Waals surface area contributed by atoms with Crippen molar-refractivity contribution in [3.8, 4) is 0 Å². The number of oxime groups is 2. The molecule has 0 amide bonds. The van der Waals surface area contributed by atoms with Gasteiger partial charge in [-0.3, -0.25) is 0 Å². The zero-order valence-corrected chi connectivity index (χ0v) is 8.37. The Bertz CT molecular complexity index is 350. The second-order valence-corrected chi connectivity index (χ2v) is 5.53. The van der Waals surface area contributed by atoms with Gasteiger partial charge in [0.15, 0.2) is 0 Å². The van der Waals surface area contributed by atoms with Crippen LogP contribution < -0.4 is 0 Å². The van der Waals surface area contributed by atoms with E-state index in [1.807, 2.05) is 0 Å². The summed E-state index contributed by atoms with van der Waals surface area (Å²) in [4.78, 5) is 0. The predicted molar refractivity (Wildman–Crippen MR) is 53.2 cm³/mol. The number of hydrogen-bond acceptors (Lipinski definition) is 4. The van der Waals surface area contributed by atoms with E-state index in [0.29, 0.717) is 23.7 Å². The molecule has 4 aliphatic carbocycles. The van der Waals surface area contributed by atoms with Crippen molar-refractivity contribution in [2.45, 2.75) is 19.3 Å². The molecule has 0 aromatic rings. The Morgan fingerprint density at radius 3 is 1.67 bits per heavy atom. The second kappa shape index (κ2) is 2.36. The molecule has 4 heteroatoms. The maximum atomic E-state index is 9.02. The van der Waals surface area contributed by atoms with E-state index >= 15 is 0 Å². The normalized spacial score (nSPS) is 60.0. The van der Waals surface area contributed by atoms with Crippen LogP contribution in [-0.4, -0.2) is 21.8 Å². The molecule has 15 heavy (non-hydrogen) atoms. The van der Waals surface area contributed by atoms with Crippen LogP contribution in [0.25, 0.3) is 0 Å². The SMILES string of the molecule is O/N=C1/C[C@@H]2[C@H]3C/C(=N/O)[C@H]4[C@@H]3C[C@H]2[C@H]14. The van der Waals surface area contributed by atoms with Crippen LogP contribution in [0.15, 0.2) is 10.3 Å². The lowest BCUT2D eigenvalue weighted by atomic mass is 9.79. The van der Waals surface area contributed by atoms with Crippen molar-refractivity contribution in [3.05, 3.63) is 0 Å². The minimum Gasteiger partial charge on any atom is -0.411 e. The van der Waals surface area contributed by atoms with Gasteiger partial charge in [-0.25, -0.2) is 0 Å². The summed E-state index contributed by atoms with van der Waals surface area (Å²) >= 11 is 0. The van der Waals surface area contributed by atoms with E-state index in [9.17, 15) is 0 Å². The lowest BCUT2D eigenvalue weighted by molar-refractivity contribution is 0.240. The number of fused-ring (bicyclic) bond motifs is 2. The van der Waals surface area contributed by atoms with Gasteiger partial charge in [-0.15, -0.1) is 0 Å². The molecule has 80 valence electrons. The van der Waals surface area contributed by atoms with Gasteiger partial charge < -0.3 is 10.4 Å². The topological polar surface area (TPSA) is 65.2 Å². The van der Waals surface area contributed by atoms with Gasteiger partial charge in [-0.05, 0) is 42.9 Å². The highest BCUT2D eigenvalue weighted by atomic mass is 16.4. The van der Waals surface area contributed by atoms with Crippen molar-refractivity contribution in [1.29, 1.82) is 0 Å². The summed E-state index contributed by atoms with van der Waals surface area (Å²) < 4.78 is 0. The Morgan fingerprint density at radius 1 is 0.800 bits per heavy atom. The minimum atomic E-state index is 0.398. The molecule has 6 atom stereocenters. The van der Waals surface area contributed by atoms with Gasteiger partial charge in [0.1, 0.15) is 0 Å². The third-order valence-corrected chi connectivity index (χ3v) is 5.42. The Labute approximate surface area is 87.7 Å². The van der Waals surface area contributed by atoms with E-state index in [1.165, 1.54) is 6.42 Å². The van der Waals surface area contributed by atoms with Crippen molar-refractivity contribution in [3.63, 3.8) is 0 Å². The van der Waals surface area contributed by atoms with Crippen LogP contribution in [0.3, 0.4) is 0 Å². The van der Waals surface area contributed by atoms with Gasteiger partial charge in [-0.1, -0.05) is 10.3 Å². The highest BCUT2D eigenvalue weighted by molar-refractivity contribution is 6.00. The fourth-order valence-corrected chi connectivity index (χ4v) is 5.14. The summed E-state index contributed by atoms with van der Waals surface area (Å²) in [5, 5.41) is 25.0. The Kier molecular flexibility index (Phi) is 1.28. The molecule has 0 aromatic heterocycles. The van der Waals surface area contributed by atoms with E-state index in [1.54, 1.807) is 0 Å². The zero-order chi connectivity index (χ0) is 10.2. The van der Waals surface area contributed by atoms with Crippen LogP contribution in [0.2, 0.25) is 0 Å². The zero-order valence-electron chi connectivity index (χ0n) is 8.37. The number of hydrogen-bond donors (Lipinski definition) is 2. The van der Waals surface area contributed by atoms with Crippen molar-refractivity contribution >= 4 is 11.4 Å². The average molecular weight is 206 g/mol. The van der Waals surface area contributed by atoms with E-state index in [2.05, 4.69) is 10.3 Å². The average Bonchev–Trinajstić information content (AvgIpc) is 2.83. The first kappa shape index (κ1) is 8.13. The summed E-state index contributed by atoms with van der Waals surface area (Å²) in [7, 11) is 0. The first-order valence-electron chi connectivity index (χ1n) is 5.76. The molecule has 0 unspecified atom stereocenters. The second-order valence-electron chi connectivity index (χ2n) is 5.53. The molecule has 0 spiro atoms. The van der Waals surface area contributed by atoms with Crippen LogP contribution in [0.4, 0.5) is 0 Å². The van der Waals surface area contributed by atoms with E-state index in [4.69, 9.17) is 10.4 Å². The summed E-state index contributed by atoms with van der Waals surface area (Å²) in [5.41, 5.74) is 1.95. The van der Waals surface area contributed by atoms with Crippen molar-refractivity contribution < 1.29 is 10.4 Å². The van der Waals surface area contributed by atoms with Crippen molar-refractivity contribution in [2.75, 3.05) is 0 Å². The standard InChI is InChI=1S/C11H14N2O2/c14-12-8-2-4-5-3-9(13-15)11-7(5)1-6(4)10(8)11/h4-7,10-11,14-15H,1-3H2/b12-8-,13-9-/t4-,5-,6-,7-,10-,11-/m1/s1. The molecule has 2 bridgehead atoms. The number of nitrogens with zero attached hydrogens (tertiary/aromatic N) is 2. The minimum absolute atomic E-state index is 0.398. The van der Waals surface area contributed by atoms with E-state index < -0.39 is 0 Å². The first-order valence-corrected chi connectivity index (χ1v) is 5.76. The third-order valence-electron chi connectivity index (χ3n) is 5.42. The molecule has 4 nitrogen and oxygen atoms in total. The van der Waals surface area contributed by atoms with Gasteiger partial charge in [0.25, 0.3) is 0 Å². The Morgan fingerprint density at radius 2 is 1.27 bits per heavy atom. The molecule has 0 aromatic carbocycles. The maximum Gasteiger partial charge on any atom is 0.0614 e. The van der Waals surface area contributed by atoms with E-state index in [-0.39, 0.29) is 0 Å². The number of rotatable bonds is 0. The van der Waals surface area contributed by atoms with Gasteiger partial charge in [0.2, 0.25) is 0 Å². The van der Waals surface area contributed by atoms with Gasteiger partial charge in [0.05, 0.1) is 11.4 Å². The van der Waals surface area contributed by atoms with Crippen LogP contribution in [0, 0.1) is 35.5 Å². The van der Waals surface area contributed by atoms with Crippen LogP contribution in [0.1, 0.15) is 19.3 Å². The molecular weight excluding hydrogens is 192 g/mol. The van der Waals surface area contributed by atoms with Crippen LogP contribution >= 0.6 is 0 Å². The quantitative estimate of drug-likeness (QED) is 0.466. The van der Waals surface area contributed by atoms with Crippen LogP contribution in [-0.2, 0) is 0 Å². The molecule has 2 N–H and O–H groups in total. The third kappa shape index (κ3) is 0.703. The van der Waals surface area contributed by atoms with Crippen molar-refractivity contribution in [1.82, 2.24) is 0 Å². The van der Waals surface area contributed by atoms with Gasteiger partial charge >= 0.3 is 0 Å². The largest absolute Gasteiger partial charge is 0.411 e. The van der Waals surface area contributed by atoms with Gasteiger partial charge in [0, 0.05) is 11.8 Å². The highest BCUT2D eigenvalue weighted by Crippen LogP contribution is 2.68. The highest BCUT2D eigenvalue weighted by Gasteiger charge is 2.67. The molecule has 0 radical (unpaired) electrons. The maximum absolute atomic E-state index is 9.02. The van der Waals surface area contributed by atoms with Crippen LogP contribution in [0.5, 0.6) is 0 Å². The molecule has 4 aliphatic rings. The molecule has 0 aliphatic heterocycles. The van der Waals surface area contributed by atoms with E-state index in [0.717, 1.165) is 36.1 Å². The smallest absolute Gasteiger partial charge is 0.0614 e. The summed E-state index contributed by atoms with van der Waals surface area (Å²) in [5.74, 6) is 3.65. The molecule has 4 fully saturated rings. The Balaban J connectivity index is 1.87. The summed E-state index contributed by atoms with van der Waals surface area (Å²) in [6.07, 6.45) is 3.24. The van der Waals surface area contributed by atoms with Crippen molar-refractivity contribution in [2.24, 2.45) is 45.8 Å². The predicted octanol–water partition coefficient (Wildman–Crippen LogP) is 1.57. The monoisotopic (exact) mass is 206 g/mol. The molecule has 0 saturated heterocycles. The fraction of sp³-hybridized carbons (Fsp3) is 0.818. The fourth-order valence-electron chi connectivity index (χ4n) is 5.14. The lowest BCUT2D eigenvalue weighted by Gasteiger charge is -2.24. The van der Waals surface area contributed by atoms with Gasteiger partial charge in [-0.2, -0.15) is 0 Å². The first-order chi connectivity index (χ1) is 7.35. The lowest BCUT2D eigenvalue weighted by Crippen LogP contribution is -2.26. The molecule has 4 rings (SSSR count). The Hall–Kier alpha value is -1.06. The molecular formula is C11H14N2O2.